The molecule has 0 radical (unpaired) electrons. The molecule has 1 aliphatic rings. The molecule has 0 aromatic heterocycles. The fourth-order valence-electron chi connectivity index (χ4n) is 2.79. The minimum Gasteiger partial charge on any atom is -0.378 e. The van der Waals surface area contributed by atoms with Gasteiger partial charge in [0.1, 0.15) is 0 Å². The van der Waals surface area contributed by atoms with Gasteiger partial charge in [-0.2, -0.15) is 0 Å². The molecule has 0 amide bonds. The molecule has 0 aliphatic carbocycles. The summed E-state index contributed by atoms with van der Waals surface area (Å²) >= 11 is 0. The lowest BCUT2D eigenvalue weighted by Gasteiger charge is -2.28. The Morgan fingerprint density at radius 2 is 1.54 bits per heavy atom. The molecule has 126 valence electrons. The Morgan fingerprint density at radius 3 is 2.12 bits per heavy atom. The van der Waals surface area contributed by atoms with Crippen LogP contribution in [0.15, 0.2) is 53.5 Å². The maximum absolute atomic E-state index is 5.40. The van der Waals surface area contributed by atoms with Crippen molar-refractivity contribution in [2.45, 2.75) is 26.2 Å². The van der Waals surface area contributed by atoms with Crippen LogP contribution in [0.4, 0.5) is 11.4 Å². The molecule has 0 spiro atoms. The van der Waals surface area contributed by atoms with Crippen LogP contribution in [0.25, 0.3) is 0 Å². The number of hydrogen-bond acceptors (Lipinski definition) is 3. The van der Waals surface area contributed by atoms with E-state index >= 15 is 0 Å². The highest BCUT2D eigenvalue weighted by molar-refractivity contribution is 5.82. The summed E-state index contributed by atoms with van der Waals surface area (Å²) in [5, 5.41) is 0. The minimum absolute atomic E-state index is 0.178. The van der Waals surface area contributed by atoms with Crippen LogP contribution < -0.4 is 4.90 Å². The van der Waals surface area contributed by atoms with Crippen LogP contribution >= 0.6 is 0 Å². The van der Waals surface area contributed by atoms with Crippen LogP contribution in [0.5, 0.6) is 0 Å². The summed E-state index contributed by atoms with van der Waals surface area (Å²) in [7, 11) is 0. The summed E-state index contributed by atoms with van der Waals surface area (Å²) in [6, 6.07) is 17.1. The summed E-state index contributed by atoms with van der Waals surface area (Å²) in [6.07, 6.45) is 1.93. The summed E-state index contributed by atoms with van der Waals surface area (Å²) in [5.74, 6) is 0. The summed E-state index contributed by atoms with van der Waals surface area (Å²) in [4.78, 5) is 6.94. The first-order valence-electron chi connectivity index (χ1n) is 8.60. The van der Waals surface area contributed by atoms with Gasteiger partial charge in [-0.1, -0.05) is 45.0 Å². The molecule has 0 unspecified atom stereocenters. The second-order valence-corrected chi connectivity index (χ2v) is 7.25. The molecule has 0 bridgehead atoms. The molecule has 0 atom stereocenters. The highest BCUT2D eigenvalue weighted by Crippen LogP contribution is 2.24. The van der Waals surface area contributed by atoms with E-state index in [1.165, 1.54) is 11.3 Å². The molecule has 0 N–H and O–H groups in total. The smallest absolute Gasteiger partial charge is 0.0642 e. The highest BCUT2D eigenvalue weighted by Gasteiger charge is 2.12. The third kappa shape index (κ3) is 4.24. The van der Waals surface area contributed by atoms with Gasteiger partial charge in [-0.15, -0.1) is 0 Å². The van der Waals surface area contributed by atoms with E-state index in [2.05, 4.69) is 79.2 Å². The molecule has 3 heteroatoms. The van der Waals surface area contributed by atoms with Gasteiger partial charge in [0.2, 0.25) is 0 Å². The molecule has 1 fully saturated rings. The third-order valence-corrected chi connectivity index (χ3v) is 4.37. The Hall–Kier alpha value is -2.13. The Kier molecular flexibility index (Phi) is 5.00. The van der Waals surface area contributed by atoms with Gasteiger partial charge in [0.05, 0.1) is 18.9 Å². The van der Waals surface area contributed by atoms with E-state index < -0.39 is 0 Å². The minimum atomic E-state index is 0.178. The van der Waals surface area contributed by atoms with Crippen molar-refractivity contribution in [2.75, 3.05) is 31.2 Å². The largest absolute Gasteiger partial charge is 0.378 e. The molecule has 24 heavy (non-hydrogen) atoms. The van der Waals surface area contributed by atoms with E-state index in [1.54, 1.807) is 0 Å². The number of rotatable bonds is 3. The molecular formula is C21H26N2O. The van der Waals surface area contributed by atoms with Gasteiger partial charge in [0.15, 0.2) is 0 Å². The summed E-state index contributed by atoms with van der Waals surface area (Å²) in [6.45, 7) is 10.2. The molecule has 3 rings (SSSR count). The molecule has 0 saturated carbocycles. The molecule has 1 saturated heterocycles. The number of benzene rings is 2. The first kappa shape index (κ1) is 16.7. The summed E-state index contributed by atoms with van der Waals surface area (Å²) in [5.41, 5.74) is 4.87. The zero-order valence-electron chi connectivity index (χ0n) is 14.8. The van der Waals surface area contributed by atoms with Crippen molar-refractivity contribution in [2.24, 2.45) is 4.99 Å². The van der Waals surface area contributed by atoms with Crippen LogP contribution in [0, 0.1) is 0 Å². The van der Waals surface area contributed by atoms with E-state index in [9.17, 15) is 0 Å². The predicted molar refractivity (Wildman–Crippen MR) is 102 cm³/mol. The zero-order chi connectivity index (χ0) is 17.0. The fourth-order valence-corrected chi connectivity index (χ4v) is 2.79. The SMILES string of the molecule is CC(C)(C)c1ccc(N=Cc2ccc(N3CCOCC3)cc2)cc1. The van der Waals surface area contributed by atoms with Crippen molar-refractivity contribution in [3.05, 3.63) is 59.7 Å². The average Bonchev–Trinajstić information content (AvgIpc) is 2.61. The Labute approximate surface area is 145 Å². The van der Waals surface area contributed by atoms with Crippen LogP contribution in [0.2, 0.25) is 0 Å². The van der Waals surface area contributed by atoms with E-state index in [1.807, 2.05) is 6.21 Å². The van der Waals surface area contributed by atoms with Gasteiger partial charge in [0, 0.05) is 25.0 Å². The molecule has 3 nitrogen and oxygen atoms in total. The first-order valence-corrected chi connectivity index (χ1v) is 8.60. The molecule has 2 aromatic rings. The zero-order valence-corrected chi connectivity index (χ0v) is 14.8. The normalized spacial score (nSPS) is 15.9. The van der Waals surface area contributed by atoms with Crippen molar-refractivity contribution >= 4 is 17.6 Å². The third-order valence-electron chi connectivity index (χ3n) is 4.37. The number of morpholine rings is 1. The Bertz CT molecular complexity index is 675. The maximum atomic E-state index is 5.40. The maximum Gasteiger partial charge on any atom is 0.0642 e. The van der Waals surface area contributed by atoms with Crippen LogP contribution in [-0.2, 0) is 10.2 Å². The predicted octanol–water partition coefficient (Wildman–Crippen LogP) is 4.57. The van der Waals surface area contributed by atoms with Gasteiger partial charge < -0.3 is 9.64 Å². The Balaban J connectivity index is 1.66. The van der Waals surface area contributed by atoms with Crippen LogP contribution in [0.1, 0.15) is 31.9 Å². The highest BCUT2D eigenvalue weighted by atomic mass is 16.5. The van der Waals surface area contributed by atoms with E-state index in [4.69, 9.17) is 4.74 Å². The van der Waals surface area contributed by atoms with Crippen LogP contribution in [0.3, 0.4) is 0 Å². The van der Waals surface area contributed by atoms with Gasteiger partial charge in [-0.05, 0) is 40.8 Å². The van der Waals surface area contributed by atoms with Crippen molar-refractivity contribution in [3.8, 4) is 0 Å². The van der Waals surface area contributed by atoms with E-state index in [-0.39, 0.29) is 5.41 Å². The monoisotopic (exact) mass is 322 g/mol. The fraction of sp³-hybridized carbons (Fsp3) is 0.381. The van der Waals surface area contributed by atoms with E-state index in [0.29, 0.717) is 0 Å². The quantitative estimate of drug-likeness (QED) is 0.773. The summed E-state index contributed by atoms with van der Waals surface area (Å²) < 4.78 is 5.40. The van der Waals surface area contributed by atoms with Crippen molar-refractivity contribution in [1.29, 1.82) is 0 Å². The molecule has 2 aromatic carbocycles. The molecule has 1 aliphatic heterocycles. The lowest BCUT2D eigenvalue weighted by molar-refractivity contribution is 0.122. The van der Waals surface area contributed by atoms with Crippen molar-refractivity contribution in [1.82, 2.24) is 0 Å². The lowest BCUT2D eigenvalue weighted by Crippen LogP contribution is -2.36. The first-order chi connectivity index (χ1) is 11.5. The topological polar surface area (TPSA) is 24.8 Å². The number of nitrogens with zero attached hydrogens (tertiary/aromatic N) is 2. The van der Waals surface area contributed by atoms with Gasteiger partial charge in [-0.25, -0.2) is 0 Å². The second kappa shape index (κ2) is 7.18. The number of ether oxygens (including phenoxy) is 1. The number of anilines is 1. The number of hydrogen-bond donors (Lipinski definition) is 0. The van der Waals surface area contributed by atoms with Crippen LogP contribution in [-0.4, -0.2) is 32.5 Å². The van der Waals surface area contributed by atoms with Gasteiger partial charge in [-0.3, -0.25) is 4.99 Å². The van der Waals surface area contributed by atoms with Gasteiger partial charge >= 0.3 is 0 Å². The van der Waals surface area contributed by atoms with Crippen molar-refractivity contribution in [3.63, 3.8) is 0 Å². The Morgan fingerprint density at radius 1 is 0.917 bits per heavy atom. The van der Waals surface area contributed by atoms with Gasteiger partial charge in [0.25, 0.3) is 0 Å². The molecular weight excluding hydrogens is 296 g/mol. The van der Waals surface area contributed by atoms with E-state index in [0.717, 1.165) is 37.6 Å². The standard InChI is InChI=1S/C21H26N2O/c1-21(2,3)18-6-8-19(9-7-18)22-16-17-4-10-20(11-5-17)23-12-14-24-15-13-23/h4-11,16H,12-15H2,1-3H3. The molecule has 1 heterocycles. The van der Waals surface area contributed by atoms with Crippen molar-refractivity contribution < 1.29 is 4.74 Å². The average molecular weight is 322 g/mol. The number of aliphatic imine (C=N–C) groups is 1. The second-order valence-electron chi connectivity index (χ2n) is 7.25. The lowest BCUT2D eigenvalue weighted by atomic mass is 9.87.